The van der Waals surface area contributed by atoms with Crippen molar-refractivity contribution < 1.29 is 39.0 Å². The van der Waals surface area contributed by atoms with Crippen molar-refractivity contribution in [2.75, 3.05) is 5.75 Å². The van der Waals surface area contributed by atoms with Gasteiger partial charge in [-0.1, -0.05) is 20.3 Å². The molecular formula is C19H33N5O8S. The smallest absolute Gasteiger partial charge is 0.326 e. The highest BCUT2D eigenvalue weighted by atomic mass is 32.1. The first kappa shape index (κ1) is 30.1. The molecule has 188 valence electrons. The molecule has 0 saturated heterocycles. The largest absolute Gasteiger partial charge is 0.481 e. The summed E-state index contributed by atoms with van der Waals surface area (Å²) in [6, 6.07) is -4.96. The second-order valence-corrected chi connectivity index (χ2v) is 7.92. The fourth-order valence-electron chi connectivity index (χ4n) is 2.60. The second kappa shape index (κ2) is 15.1. The van der Waals surface area contributed by atoms with Crippen molar-refractivity contribution in [2.45, 2.75) is 70.1 Å². The van der Waals surface area contributed by atoms with E-state index in [4.69, 9.17) is 16.6 Å². The van der Waals surface area contributed by atoms with Crippen LogP contribution in [0.5, 0.6) is 0 Å². The number of carbonyl (C=O) groups excluding carboxylic acids is 4. The van der Waals surface area contributed by atoms with Gasteiger partial charge in [0.15, 0.2) is 0 Å². The van der Waals surface area contributed by atoms with Crippen molar-refractivity contribution in [1.29, 1.82) is 0 Å². The van der Waals surface area contributed by atoms with Gasteiger partial charge in [0.25, 0.3) is 0 Å². The zero-order valence-electron chi connectivity index (χ0n) is 18.6. The van der Waals surface area contributed by atoms with Crippen LogP contribution in [0.2, 0.25) is 0 Å². The highest BCUT2D eigenvalue weighted by molar-refractivity contribution is 7.80. The van der Waals surface area contributed by atoms with Crippen molar-refractivity contribution >= 4 is 48.2 Å². The number of primary amides is 1. The molecule has 0 saturated carbocycles. The molecule has 4 amide bonds. The van der Waals surface area contributed by atoms with E-state index in [-0.39, 0.29) is 30.9 Å². The van der Waals surface area contributed by atoms with Crippen LogP contribution in [0.15, 0.2) is 0 Å². The van der Waals surface area contributed by atoms with Gasteiger partial charge in [-0.2, -0.15) is 12.6 Å². The quantitative estimate of drug-likeness (QED) is 0.111. The minimum absolute atomic E-state index is 0.197. The predicted molar refractivity (Wildman–Crippen MR) is 120 cm³/mol. The maximum Gasteiger partial charge on any atom is 0.326 e. The van der Waals surface area contributed by atoms with E-state index in [2.05, 4.69) is 28.6 Å². The van der Waals surface area contributed by atoms with E-state index >= 15 is 0 Å². The molecule has 0 aliphatic heterocycles. The summed E-state index contributed by atoms with van der Waals surface area (Å²) in [5.41, 5.74) is 10.9. The zero-order chi connectivity index (χ0) is 25.7. The maximum absolute atomic E-state index is 12.7. The number of rotatable bonds is 16. The molecular weight excluding hydrogens is 458 g/mol. The van der Waals surface area contributed by atoms with Crippen molar-refractivity contribution in [3.63, 3.8) is 0 Å². The van der Waals surface area contributed by atoms with Crippen molar-refractivity contribution in [3.05, 3.63) is 0 Å². The van der Waals surface area contributed by atoms with E-state index in [0.29, 0.717) is 6.42 Å². The summed E-state index contributed by atoms with van der Waals surface area (Å²) >= 11 is 3.99. The number of hydrogen-bond acceptors (Lipinski definition) is 8. The number of amides is 4. The van der Waals surface area contributed by atoms with Crippen LogP contribution in [0.3, 0.4) is 0 Å². The molecule has 0 rings (SSSR count). The lowest BCUT2D eigenvalue weighted by Gasteiger charge is -2.25. The Morgan fingerprint density at radius 1 is 0.848 bits per heavy atom. The highest BCUT2D eigenvalue weighted by Gasteiger charge is 2.30. The molecule has 0 radical (unpaired) electrons. The lowest BCUT2D eigenvalue weighted by molar-refractivity contribution is -0.142. The average Bonchev–Trinajstić information content (AvgIpc) is 2.75. The third kappa shape index (κ3) is 11.5. The fraction of sp³-hybridized carbons (Fsp3) is 0.684. The van der Waals surface area contributed by atoms with Crippen LogP contribution < -0.4 is 27.4 Å². The van der Waals surface area contributed by atoms with Gasteiger partial charge in [0, 0.05) is 18.6 Å². The molecule has 0 aromatic carbocycles. The molecule has 0 heterocycles. The molecule has 5 unspecified atom stereocenters. The summed E-state index contributed by atoms with van der Waals surface area (Å²) in [6.45, 7) is 3.57. The lowest BCUT2D eigenvalue weighted by atomic mass is 9.98. The molecule has 13 nitrogen and oxygen atoms in total. The van der Waals surface area contributed by atoms with Crippen LogP contribution >= 0.6 is 12.6 Å². The van der Waals surface area contributed by atoms with Crippen molar-refractivity contribution in [1.82, 2.24) is 16.0 Å². The van der Waals surface area contributed by atoms with Crippen molar-refractivity contribution in [2.24, 2.45) is 17.4 Å². The Kier molecular flexibility index (Phi) is 13.7. The lowest BCUT2D eigenvalue weighted by Crippen LogP contribution is -2.58. The van der Waals surface area contributed by atoms with Gasteiger partial charge >= 0.3 is 11.9 Å². The van der Waals surface area contributed by atoms with Crippen LogP contribution in [0.1, 0.15) is 46.0 Å². The summed E-state index contributed by atoms with van der Waals surface area (Å²) in [5, 5.41) is 25.1. The molecule has 0 aromatic heterocycles. The number of nitrogens with one attached hydrogen (secondary N) is 3. The van der Waals surface area contributed by atoms with Crippen LogP contribution in [0.25, 0.3) is 0 Å². The number of carboxylic acid groups (broad SMARTS) is 2. The van der Waals surface area contributed by atoms with Gasteiger partial charge in [-0.3, -0.25) is 24.0 Å². The third-order valence-electron chi connectivity index (χ3n) is 4.95. The first-order chi connectivity index (χ1) is 15.3. The van der Waals surface area contributed by atoms with Gasteiger partial charge in [0.05, 0.1) is 6.04 Å². The summed E-state index contributed by atoms with van der Waals surface area (Å²) in [5.74, 6) is -6.19. The summed E-state index contributed by atoms with van der Waals surface area (Å²) in [7, 11) is 0. The van der Waals surface area contributed by atoms with E-state index in [9.17, 15) is 33.9 Å². The number of carboxylic acids is 2. The number of thiol groups is 1. The van der Waals surface area contributed by atoms with Crippen LogP contribution in [0, 0.1) is 5.92 Å². The monoisotopic (exact) mass is 491 g/mol. The molecule has 5 atom stereocenters. The fourth-order valence-corrected chi connectivity index (χ4v) is 2.86. The Morgan fingerprint density at radius 3 is 1.79 bits per heavy atom. The summed E-state index contributed by atoms with van der Waals surface area (Å²) in [6.07, 6.45) is -0.646. The Labute approximate surface area is 196 Å². The molecule has 33 heavy (non-hydrogen) atoms. The first-order valence-electron chi connectivity index (χ1n) is 10.3. The van der Waals surface area contributed by atoms with Crippen molar-refractivity contribution in [3.8, 4) is 0 Å². The Balaban J connectivity index is 5.34. The van der Waals surface area contributed by atoms with E-state index in [0.717, 1.165) is 0 Å². The number of carbonyl (C=O) groups is 6. The molecule has 0 bridgehead atoms. The van der Waals surface area contributed by atoms with Gasteiger partial charge < -0.3 is 37.6 Å². The third-order valence-corrected chi connectivity index (χ3v) is 5.31. The highest BCUT2D eigenvalue weighted by Crippen LogP contribution is 2.07. The number of nitrogens with two attached hydrogens (primary N) is 2. The number of aliphatic carboxylic acids is 2. The summed E-state index contributed by atoms with van der Waals surface area (Å²) in [4.78, 5) is 70.7. The minimum atomic E-state index is -1.43. The maximum atomic E-state index is 12.7. The van der Waals surface area contributed by atoms with Crippen LogP contribution in [-0.4, -0.2) is 75.7 Å². The zero-order valence-corrected chi connectivity index (χ0v) is 19.5. The van der Waals surface area contributed by atoms with Gasteiger partial charge in [0.1, 0.15) is 18.1 Å². The van der Waals surface area contributed by atoms with Crippen LogP contribution in [0.4, 0.5) is 0 Å². The molecule has 0 aromatic rings. The molecule has 0 spiro atoms. The predicted octanol–water partition coefficient (Wildman–Crippen LogP) is -2.04. The first-order valence-corrected chi connectivity index (χ1v) is 11.0. The Bertz CT molecular complexity index is 735. The molecule has 0 aliphatic rings. The van der Waals surface area contributed by atoms with Gasteiger partial charge in [-0.25, -0.2) is 4.79 Å². The van der Waals surface area contributed by atoms with E-state index < -0.39 is 66.2 Å². The normalized spacial score (nSPS) is 15.3. The topological polar surface area (TPSA) is 231 Å². The van der Waals surface area contributed by atoms with E-state index in [1.54, 1.807) is 6.92 Å². The molecule has 9 N–H and O–H groups in total. The average molecular weight is 492 g/mol. The number of hydrogen-bond donors (Lipinski definition) is 8. The Hall–Kier alpha value is -2.87. The minimum Gasteiger partial charge on any atom is -0.481 e. The van der Waals surface area contributed by atoms with Crippen LogP contribution in [-0.2, 0) is 28.8 Å². The van der Waals surface area contributed by atoms with Gasteiger partial charge in [0.2, 0.25) is 23.6 Å². The van der Waals surface area contributed by atoms with E-state index in [1.807, 2.05) is 6.92 Å². The second-order valence-electron chi connectivity index (χ2n) is 7.55. The standard InChI is InChI=1S/C19H33N5O8S/c1-3-9(2)15(21)18(30)22-10(5-7-14(26)27)16(28)24-12(8-33)17(29)23-11(19(31)32)4-6-13(20)25/h9-12,15,33H,3-8,21H2,1-2H3,(H2,20,25)(H,22,30)(H,23,29)(H,24,28)(H,26,27)(H,31,32). The Morgan fingerprint density at radius 2 is 1.33 bits per heavy atom. The van der Waals surface area contributed by atoms with Gasteiger partial charge in [-0.05, 0) is 18.8 Å². The SMILES string of the molecule is CCC(C)C(N)C(=O)NC(CCC(=O)O)C(=O)NC(CS)C(=O)NC(CCC(N)=O)C(=O)O. The molecule has 14 heteroatoms. The molecule has 0 aliphatic carbocycles. The summed E-state index contributed by atoms with van der Waals surface area (Å²) < 4.78 is 0. The van der Waals surface area contributed by atoms with Gasteiger partial charge in [-0.15, -0.1) is 0 Å². The van der Waals surface area contributed by atoms with E-state index in [1.165, 1.54) is 0 Å². The molecule has 0 fully saturated rings.